The van der Waals surface area contributed by atoms with Gasteiger partial charge >= 0.3 is 0 Å². The number of benzene rings is 1. The third-order valence-electron chi connectivity index (χ3n) is 3.94. The topological polar surface area (TPSA) is 67.7 Å². The van der Waals surface area contributed by atoms with Gasteiger partial charge in [-0.1, -0.05) is 18.2 Å². The van der Waals surface area contributed by atoms with Gasteiger partial charge in [0, 0.05) is 20.6 Å². The lowest BCUT2D eigenvalue weighted by Gasteiger charge is -2.31. The zero-order valence-corrected chi connectivity index (χ0v) is 15.6. The zero-order valence-electron chi connectivity index (χ0n) is 14.0. The summed E-state index contributed by atoms with van der Waals surface area (Å²) in [5, 5.41) is 0.195. The third-order valence-corrected chi connectivity index (χ3v) is 5.64. The largest absolute Gasteiger partial charge is 0.494 e. The van der Waals surface area contributed by atoms with Crippen molar-refractivity contribution >= 4 is 34.5 Å². The molecule has 1 aliphatic rings. The maximum Gasteiger partial charge on any atom is 0.287 e. The molecule has 0 spiro atoms. The molecule has 2 heterocycles. The van der Waals surface area contributed by atoms with Crippen LogP contribution in [0.2, 0.25) is 5.28 Å². The molecule has 0 saturated carbocycles. The predicted molar refractivity (Wildman–Crippen MR) is 97.0 cm³/mol. The maximum atomic E-state index is 12.6. The Bertz CT molecular complexity index is 796. The molecule has 0 saturated heterocycles. The average molecular weight is 383 g/mol. The van der Waals surface area contributed by atoms with Crippen molar-refractivity contribution in [3.8, 4) is 5.75 Å². The van der Waals surface area contributed by atoms with E-state index in [2.05, 4.69) is 4.98 Å². The average Bonchev–Trinajstić information content (AvgIpc) is 2.92. The predicted octanol–water partition coefficient (Wildman–Crippen LogP) is 2.40. The fourth-order valence-corrected chi connectivity index (χ4v) is 3.82. The molecule has 9 heteroatoms. The lowest BCUT2D eigenvalue weighted by molar-refractivity contribution is 0.0852. The second-order valence-corrected chi connectivity index (χ2v) is 7.40. The quantitative estimate of drug-likeness (QED) is 0.719. The SMILES string of the molecule is CN1c2nc(Cl)n(C)c2C(=O)N(CCCCOc2ccccc2)S1=O. The van der Waals surface area contributed by atoms with Crippen LogP contribution < -0.4 is 9.04 Å². The van der Waals surface area contributed by atoms with Crippen LogP contribution in [-0.2, 0) is 18.2 Å². The number of amides is 1. The molecule has 1 aliphatic heterocycles. The minimum absolute atomic E-state index is 0.195. The number of ether oxygens (including phenoxy) is 1. The third kappa shape index (κ3) is 3.50. The van der Waals surface area contributed by atoms with Gasteiger partial charge in [-0.3, -0.25) is 9.10 Å². The summed E-state index contributed by atoms with van der Waals surface area (Å²) >= 11 is 4.38. The van der Waals surface area contributed by atoms with Crippen LogP contribution in [0.15, 0.2) is 30.3 Å². The number of halogens is 1. The molecular weight excluding hydrogens is 364 g/mol. The van der Waals surface area contributed by atoms with Gasteiger partial charge in [-0.15, -0.1) is 0 Å². The van der Waals surface area contributed by atoms with Gasteiger partial charge < -0.3 is 9.30 Å². The summed E-state index contributed by atoms with van der Waals surface area (Å²) in [6, 6.07) is 9.55. The Balaban J connectivity index is 1.58. The van der Waals surface area contributed by atoms with Gasteiger partial charge in [-0.25, -0.2) is 8.51 Å². The Morgan fingerprint density at radius 1 is 1.20 bits per heavy atom. The summed E-state index contributed by atoms with van der Waals surface area (Å²) in [5.41, 5.74) is 0.354. The monoisotopic (exact) mass is 382 g/mol. The first kappa shape index (κ1) is 17.8. The van der Waals surface area contributed by atoms with Crippen molar-refractivity contribution in [2.24, 2.45) is 7.05 Å². The molecule has 1 atom stereocenters. The summed E-state index contributed by atoms with van der Waals surface area (Å²) in [7, 11) is 3.30. The molecule has 0 radical (unpaired) electrons. The summed E-state index contributed by atoms with van der Waals surface area (Å²) in [5.74, 6) is 0.839. The van der Waals surface area contributed by atoms with Crippen LogP contribution >= 0.6 is 11.6 Å². The van der Waals surface area contributed by atoms with Crippen LogP contribution in [0.25, 0.3) is 0 Å². The Kier molecular flexibility index (Phi) is 5.29. The van der Waals surface area contributed by atoms with Crippen LogP contribution in [0.1, 0.15) is 23.3 Å². The fraction of sp³-hybridized carbons (Fsp3) is 0.375. The molecular formula is C16H19ClN4O3S. The minimum Gasteiger partial charge on any atom is -0.494 e. The summed E-state index contributed by atoms with van der Waals surface area (Å²) in [4.78, 5) is 16.8. The molecule has 0 bridgehead atoms. The minimum atomic E-state index is -1.61. The van der Waals surface area contributed by atoms with E-state index in [1.165, 1.54) is 13.2 Å². The molecule has 0 aliphatic carbocycles. The van der Waals surface area contributed by atoms with Crippen molar-refractivity contribution in [2.75, 3.05) is 24.5 Å². The van der Waals surface area contributed by atoms with Gasteiger partial charge in [0.25, 0.3) is 5.91 Å². The fourth-order valence-electron chi connectivity index (χ4n) is 2.57. The number of anilines is 1. The molecule has 7 nitrogen and oxygen atoms in total. The van der Waals surface area contributed by atoms with E-state index in [9.17, 15) is 9.00 Å². The van der Waals surface area contributed by atoms with Gasteiger partial charge in [0.1, 0.15) is 5.75 Å². The molecule has 1 aromatic carbocycles. The second kappa shape index (κ2) is 7.45. The number of para-hydroxylation sites is 1. The second-order valence-electron chi connectivity index (χ2n) is 5.62. The number of nitrogens with zero attached hydrogens (tertiary/aromatic N) is 4. The van der Waals surface area contributed by atoms with Gasteiger partial charge in [-0.2, -0.15) is 4.98 Å². The van der Waals surface area contributed by atoms with Crippen molar-refractivity contribution in [2.45, 2.75) is 12.8 Å². The van der Waals surface area contributed by atoms with Crippen LogP contribution in [0.5, 0.6) is 5.75 Å². The number of unbranched alkanes of at least 4 members (excludes halogenated alkanes) is 1. The van der Waals surface area contributed by atoms with E-state index in [0.29, 0.717) is 31.1 Å². The molecule has 0 N–H and O–H groups in total. The lowest BCUT2D eigenvalue weighted by Crippen LogP contribution is -2.46. The Morgan fingerprint density at radius 3 is 2.64 bits per heavy atom. The highest BCUT2D eigenvalue weighted by Crippen LogP contribution is 2.30. The van der Waals surface area contributed by atoms with Gasteiger partial charge in [0.15, 0.2) is 11.5 Å². The van der Waals surface area contributed by atoms with Crippen LogP contribution in [-0.4, -0.2) is 44.2 Å². The molecule has 2 aromatic rings. The first-order chi connectivity index (χ1) is 12.0. The van der Waals surface area contributed by atoms with Gasteiger partial charge in [0.2, 0.25) is 16.5 Å². The van der Waals surface area contributed by atoms with E-state index >= 15 is 0 Å². The van der Waals surface area contributed by atoms with Crippen molar-refractivity contribution < 1.29 is 13.7 Å². The molecule has 3 rings (SSSR count). The molecule has 0 fully saturated rings. The Hall–Kier alpha value is -2.06. The maximum absolute atomic E-state index is 12.6. The molecule has 1 amide bonds. The number of carbonyl (C=O) groups excluding carboxylic acids is 1. The van der Waals surface area contributed by atoms with Gasteiger partial charge in [0.05, 0.1) is 6.61 Å². The molecule has 1 unspecified atom stereocenters. The van der Waals surface area contributed by atoms with E-state index in [0.717, 1.165) is 12.2 Å². The standard InChI is InChI=1S/C16H19ClN4O3S/c1-19-13-14(18-16(19)17)20(2)25(23)21(15(13)22)10-6-7-11-24-12-8-4-3-5-9-12/h3-5,8-9H,6-7,10-11H2,1-2H3. The van der Waals surface area contributed by atoms with E-state index < -0.39 is 11.2 Å². The van der Waals surface area contributed by atoms with Crippen molar-refractivity contribution in [1.82, 2.24) is 13.9 Å². The number of rotatable bonds is 6. The van der Waals surface area contributed by atoms with Crippen molar-refractivity contribution in [3.05, 3.63) is 41.3 Å². The number of imidazole rings is 1. The first-order valence-corrected chi connectivity index (χ1v) is 9.32. The Morgan fingerprint density at radius 2 is 1.92 bits per heavy atom. The Labute approximate surface area is 153 Å². The van der Waals surface area contributed by atoms with E-state index in [-0.39, 0.29) is 11.2 Å². The molecule has 1 aromatic heterocycles. The smallest absolute Gasteiger partial charge is 0.287 e. The number of aromatic nitrogens is 2. The number of carbonyl (C=O) groups is 1. The highest BCUT2D eigenvalue weighted by molar-refractivity contribution is 7.84. The van der Waals surface area contributed by atoms with Crippen LogP contribution in [0, 0.1) is 0 Å². The number of hydrogen-bond acceptors (Lipinski definition) is 4. The molecule has 25 heavy (non-hydrogen) atoms. The number of hydrogen-bond donors (Lipinski definition) is 0. The first-order valence-electron chi connectivity index (χ1n) is 7.88. The zero-order chi connectivity index (χ0) is 18.0. The van der Waals surface area contributed by atoms with E-state index in [4.69, 9.17) is 16.3 Å². The van der Waals surface area contributed by atoms with Crippen molar-refractivity contribution in [1.29, 1.82) is 0 Å². The summed E-state index contributed by atoms with van der Waals surface area (Å²) in [6.45, 7) is 0.910. The summed E-state index contributed by atoms with van der Waals surface area (Å²) < 4.78 is 22.5. The summed E-state index contributed by atoms with van der Waals surface area (Å²) in [6.07, 6.45) is 1.43. The normalized spacial score (nSPS) is 16.9. The highest BCUT2D eigenvalue weighted by atomic mass is 35.5. The van der Waals surface area contributed by atoms with Crippen LogP contribution in [0.3, 0.4) is 0 Å². The van der Waals surface area contributed by atoms with Crippen LogP contribution in [0.4, 0.5) is 5.82 Å². The number of fused-ring (bicyclic) bond motifs is 1. The lowest BCUT2D eigenvalue weighted by atomic mass is 10.3. The van der Waals surface area contributed by atoms with E-state index in [1.54, 1.807) is 14.1 Å². The highest BCUT2D eigenvalue weighted by Gasteiger charge is 2.38. The van der Waals surface area contributed by atoms with Gasteiger partial charge in [-0.05, 0) is 36.6 Å². The van der Waals surface area contributed by atoms with Crippen molar-refractivity contribution in [3.63, 3.8) is 0 Å². The molecule has 134 valence electrons. The van der Waals surface area contributed by atoms with E-state index in [1.807, 2.05) is 30.3 Å².